The van der Waals surface area contributed by atoms with Gasteiger partial charge >= 0.3 is 6.03 Å². The number of amides is 3. The Morgan fingerprint density at radius 3 is 2.54 bits per heavy atom. The average Bonchev–Trinajstić information content (AvgIpc) is 3.52. The number of aromatic nitrogens is 3. The van der Waals surface area contributed by atoms with Crippen LogP contribution in [0.5, 0.6) is 5.75 Å². The second-order valence-electron chi connectivity index (χ2n) is 11.8. The molecule has 48 heavy (non-hydrogen) atoms. The van der Waals surface area contributed by atoms with Gasteiger partial charge in [-0.3, -0.25) is 9.69 Å². The third-order valence-electron chi connectivity index (χ3n) is 8.73. The first-order valence-corrected chi connectivity index (χ1v) is 16.1. The van der Waals surface area contributed by atoms with Gasteiger partial charge in [0.15, 0.2) is 5.82 Å². The van der Waals surface area contributed by atoms with Crippen molar-refractivity contribution in [2.24, 2.45) is 0 Å². The summed E-state index contributed by atoms with van der Waals surface area (Å²) in [4.78, 5) is 39.1. The van der Waals surface area contributed by atoms with Gasteiger partial charge in [-0.1, -0.05) is 30.8 Å². The quantitative estimate of drug-likeness (QED) is 0.172. The molecule has 3 aromatic heterocycles. The molecule has 3 amide bonds. The molecule has 1 fully saturated rings. The fourth-order valence-electron chi connectivity index (χ4n) is 6.41. The minimum absolute atomic E-state index is 0.144. The highest BCUT2D eigenvalue weighted by Crippen LogP contribution is 2.42. The van der Waals surface area contributed by atoms with Crippen molar-refractivity contribution in [2.75, 3.05) is 17.4 Å². The standard InChI is InChI=1S/C36H31ClF2N6O3/c1-22-31-18-26(39)19-40-34(31)45(29-4-2-3-24(17-29)23-5-12-30(13-6-23)48-16-15-37)36(47)44(22)28-10-8-27(9-11-28)41-35(46)32-21-43-20-25(38)7-14-33(43)42-32/h2-7,12-14,17-21,27-28H,1,8-11,15-16H2,(H,41,46). The molecule has 0 saturated heterocycles. The molecule has 0 spiro atoms. The number of fused-ring (bicyclic) bond motifs is 2. The molecule has 244 valence electrons. The predicted octanol–water partition coefficient (Wildman–Crippen LogP) is 7.58. The van der Waals surface area contributed by atoms with Crippen molar-refractivity contribution >= 4 is 46.4 Å². The van der Waals surface area contributed by atoms with Crippen LogP contribution in [0.3, 0.4) is 0 Å². The molecule has 1 aliphatic carbocycles. The van der Waals surface area contributed by atoms with E-state index in [1.54, 1.807) is 4.90 Å². The van der Waals surface area contributed by atoms with E-state index in [2.05, 4.69) is 21.9 Å². The molecular formula is C36H31ClF2N6O3. The SMILES string of the molecule is C=C1c2cc(F)cnc2N(c2cccc(-c3ccc(OCCCl)cc3)c2)C(=O)N1C1CCC(NC(=O)c2cn3cc(F)ccc3n2)CC1. The molecule has 4 heterocycles. The Balaban J connectivity index is 1.10. The van der Waals surface area contributed by atoms with Crippen molar-refractivity contribution in [1.29, 1.82) is 0 Å². The van der Waals surface area contributed by atoms with Crippen LogP contribution in [0.2, 0.25) is 0 Å². The summed E-state index contributed by atoms with van der Waals surface area (Å²) in [7, 11) is 0. The van der Waals surface area contributed by atoms with E-state index in [1.807, 2.05) is 48.5 Å². The minimum atomic E-state index is -0.532. The number of nitrogens with zero attached hydrogens (tertiary/aromatic N) is 5. The summed E-state index contributed by atoms with van der Waals surface area (Å²) < 4.78 is 35.2. The maximum absolute atomic E-state index is 14.6. The summed E-state index contributed by atoms with van der Waals surface area (Å²) in [6.45, 7) is 4.61. The highest BCUT2D eigenvalue weighted by atomic mass is 35.5. The smallest absolute Gasteiger partial charge is 0.335 e. The van der Waals surface area contributed by atoms with E-state index in [0.717, 1.165) is 17.3 Å². The first-order chi connectivity index (χ1) is 23.3. The number of carbonyl (C=O) groups is 2. The highest BCUT2D eigenvalue weighted by molar-refractivity contribution is 6.18. The zero-order valence-corrected chi connectivity index (χ0v) is 26.5. The third-order valence-corrected chi connectivity index (χ3v) is 8.88. The van der Waals surface area contributed by atoms with Gasteiger partial charge in [-0.25, -0.2) is 28.4 Å². The van der Waals surface area contributed by atoms with Crippen LogP contribution in [0.1, 0.15) is 41.7 Å². The van der Waals surface area contributed by atoms with E-state index in [1.165, 1.54) is 39.9 Å². The topological polar surface area (TPSA) is 92.1 Å². The Kier molecular flexibility index (Phi) is 8.53. The van der Waals surface area contributed by atoms with Gasteiger partial charge < -0.3 is 14.5 Å². The molecule has 0 unspecified atom stereocenters. The molecule has 1 N–H and O–H groups in total. The second-order valence-corrected chi connectivity index (χ2v) is 12.2. The number of hydrogen-bond donors (Lipinski definition) is 1. The number of urea groups is 1. The molecule has 2 aromatic carbocycles. The van der Waals surface area contributed by atoms with Crippen LogP contribution in [0.15, 0.2) is 91.9 Å². The number of halogens is 3. The third kappa shape index (κ3) is 6.09. The van der Waals surface area contributed by atoms with Crippen molar-refractivity contribution in [1.82, 2.24) is 24.6 Å². The molecule has 0 radical (unpaired) electrons. The Labute approximate surface area is 280 Å². The summed E-state index contributed by atoms with van der Waals surface area (Å²) in [5.74, 6) is 0.0964. The number of imidazole rings is 1. The number of alkyl halides is 1. The van der Waals surface area contributed by atoms with Gasteiger partial charge in [0.1, 0.15) is 35.3 Å². The molecule has 0 atom stereocenters. The molecule has 5 aromatic rings. The van der Waals surface area contributed by atoms with Crippen molar-refractivity contribution in [3.63, 3.8) is 0 Å². The van der Waals surface area contributed by atoms with E-state index in [9.17, 15) is 18.4 Å². The van der Waals surface area contributed by atoms with Crippen LogP contribution in [0, 0.1) is 11.6 Å². The molecule has 1 saturated carbocycles. The number of ether oxygens (including phenoxy) is 1. The van der Waals surface area contributed by atoms with Gasteiger partial charge in [0, 0.05) is 35.7 Å². The van der Waals surface area contributed by atoms with Crippen molar-refractivity contribution in [2.45, 2.75) is 37.8 Å². The van der Waals surface area contributed by atoms with E-state index >= 15 is 0 Å². The number of nitrogens with one attached hydrogen (secondary N) is 1. The van der Waals surface area contributed by atoms with Crippen LogP contribution >= 0.6 is 11.6 Å². The number of hydrogen-bond acceptors (Lipinski definition) is 5. The zero-order chi connectivity index (χ0) is 33.4. The lowest BCUT2D eigenvalue weighted by molar-refractivity contribution is 0.0914. The fraction of sp³-hybridized carbons (Fsp3) is 0.222. The molecule has 12 heteroatoms. The van der Waals surface area contributed by atoms with Gasteiger partial charge in [0.25, 0.3) is 5.91 Å². The van der Waals surface area contributed by atoms with Gasteiger partial charge in [-0.05, 0) is 79.3 Å². The maximum atomic E-state index is 14.6. The molecule has 9 nitrogen and oxygen atoms in total. The Morgan fingerprint density at radius 1 is 0.979 bits per heavy atom. The first-order valence-electron chi connectivity index (χ1n) is 15.6. The summed E-state index contributed by atoms with van der Waals surface area (Å²) in [6, 6.07) is 18.6. The minimum Gasteiger partial charge on any atom is -0.492 e. The normalized spacial score (nSPS) is 17.8. The van der Waals surface area contributed by atoms with Gasteiger partial charge in [0.2, 0.25) is 0 Å². The van der Waals surface area contributed by atoms with Crippen molar-refractivity contribution in [3.05, 3.63) is 115 Å². The Morgan fingerprint density at radius 2 is 1.77 bits per heavy atom. The second kappa shape index (κ2) is 13.1. The molecule has 0 bridgehead atoms. The Hall–Kier alpha value is -5.29. The summed E-state index contributed by atoms with van der Waals surface area (Å²) in [5, 5.41) is 3.03. The van der Waals surface area contributed by atoms with Crippen LogP contribution < -0.4 is 15.0 Å². The Bertz CT molecular complexity index is 2030. The zero-order valence-electron chi connectivity index (χ0n) is 25.8. The van der Waals surface area contributed by atoms with Gasteiger partial charge in [0.05, 0.1) is 17.8 Å². The largest absolute Gasteiger partial charge is 0.492 e. The van der Waals surface area contributed by atoms with Gasteiger partial charge in [-0.15, -0.1) is 11.6 Å². The molecule has 1 aliphatic heterocycles. The predicted molar refractivity (Wildman–Crippen MR) is 179 cm³/mol. The van der Waals surface area contributed by atoms with Crippen molar-refractivity contribution in [3.8, 4) is 16.9 Å². The van der Waals surface area contributed by atoms with Crippen LogP contribution in [0.4, 0.5) is 25.1 Å². The number of pyridine rings is 2. The number of rotatable bonds is 8. The van der Waals surface area contributed by atoms with E-state index in [0.29, 0.717) is 72.3 Å². The number of benzene rings is 2. The maximum Gasteiger partial charge on any atom is 0.335 e. The van der Waals surface area contributed by atoms with Crippen molar-refractivity contribution < 1.29 is 23.1 Å². The first kappa shape index (κ1) is 31.3. The van der Waals surface area contributed by atoms with Crippen LogP contribution in [0.25, 0.3) is 22.5 Å². The lowest BCUT2D eigenvalue weighted by Crippen LogP contribution is -2.51. The number of carbonyl (C=O) groups excluding carboxylic acids is 2. The lowest BCUT2D eigenvalue weighted by atomic mass is 9.89. The fourth-order valence-corrected chi connectivity index (χ4v) is 6.49. The van der Waals surface area contributed by atoms with Gasteiger partial charge in [-0.2, -0.15) is 0 Å². The monoisotopic (exact) mass is 668 g/mol. The van der Waals surface area contributed by atoms with E-state index in [-0.39, 0.29) is 29.7 Å². The van der Waals surface area contributed by atoms with E-state index in [4.69, 9.17) is 16.3 Å². The lowest BCUT2D eigenvalue weighted by Gasteiger charge is -2.43. The highest BCUT2D eigenvalue weighted by Gasteiger charge is 2.40. The molecule has 7 rings (SSSR count). The summed E-state index contributed by atoms with van der Waals surface area (Å²) in [6.07, 6.45) is 6.22. The van der Waals surface area contributed by atoms with Crippen LogP contribution in [-0.4, -0.2) is 55.8 Å². The summed E-state index contributed by atoms with van der Waals surface area (Å²) in [5.41, 5.74) is 3.85. The average molecular weight is 669 g/mol. The summed E-state index contributed by atoms with van der Waals surface area (Å²) >= 11 is 5.74. The van der Waals surface area contributed by atoms with E-state index < -0.39 is 11.6 Å². The molecular weight excluding hydrogens is 638 g/mol. The number of anilines is 2. The molecule has 2 aliphatic rings. The van der Waals surface area contributed by atoms with Crippen LogP contribution in [-0.2, 0) is 0 Å².